The maximum absolute atomic E-state index is 12.0. The summed E-state index contributed by atoms with van der Waals surface area (Å²) in [5.74, 6) is 4.32. The van der Waals surface area contributed by atoms with Gasteiger partial charge in [-0.25, -0.2) is 0 Å². The molecule has 3 heteroatoms. The Hall–Kier alpha value is -1.63. The number of aliphatic hydroxyl groups is 1. The summed E-state index contributed by atoms with van der Waals surface area (Å²) in [4.78, 5) is 13.4. The molecular weight excluding hydrogens is 352 g/mol. The standard InChI is InChI=1S/C24H26O2S/c1-3-24(26)11-10-20-18-8-6-15-13-16(25)7-9-17(15)22(18)19(14-23(20,24)2)21-5-4-12-27-21/h1,4-5,12-13,18-20,26H,6-11,14H2,2H3/t18-,19+,20-,23-,24+/m0/s1. The van der Waals surface area contributed by atoms with Gasteiger partial charge < -0.3 is 5.11 Å². The number of terminal acetylenes is 1. The van der Waals surface area contributed by atoms with E-state index in [0.717, 1.165) is 32.1 Å². The van der Waals surface area contributed by atoms with E-state index in [1.807, 2.05) is 17.4 Å². The normalized spacial score (nSPS) is 40.7. The van der Waals surface area contributed by atoms with Crippen molar-refractivity contribution in [1.82, 2.24) is 0 Å². The molecule has 4 aliphatic rings. The smallest absolute Gasteiger partial charge is 0.156 e. The maximum Gasteiger partial charge on any atom is 0.156 e. The van der Waals surface area contributed by atoms with Crippen LogP contribution in [0.5, 0.6) is 0 Å². The Labute approximate surface area is 165 Å². The van der Waals surface area contributed by atoms with Crippen molar-refractivity contribution in [3.05, 3.63) is 45.2 Å². The molecule has 0 aromatic carbocycles. The molecule has 0 bridgehead atoms. The van der Waals surface area contributed by atoms with Crippen LogP contribution in [0, 0.1) is 29.6 Å². The third-order valence-corrected chi connectivity index (χ3v) is 9.00. The molecule has 1 N–H and O–H groups in total. The second kappa shape index (κ2) is 5.93. The van der Waals surface area contributed by atoms with Gasteiger partial charge in [-0.3, -0.25) is 4.79 Å². The van der Waals surface area contributed by atoms with E-state index in [0.29, 0.717) is 30.6 Å². The van der Waals surface area contributed by atoms with Crippen LogP contribution >= 0.6 is 11.3 Å². The topological polar surface area (TPSA) is 37.3 Å². The Bertz CT molecular complexity index is 899. The van der Waals surface area contributed by atoms with Crippen LogP contribution in [0.3, 0.4) is 0 Å². The minimum atomic E-state index is -0.998. The average molecular weight is 379 g/mol. The molecule has 2 nitrogen and oxygen atoms in total. The molecule has 2 saturated carbocycles. The number of carbonyl (C=O) groups excluding carboxylic acids is 1. The highest BCUT2D eigenvalue weighted by Crippen LogP contribution is 2.66. The summed E-state index contributed by atoms with van der Waals surface area (Å²) >= 11 is 1.81. The number of fused-ring (bicyclic) bond motifs is 4. The molecule has 5 rings (SSSR count). The molecule has 1 aromatic rings. The molecule has 1 aromatic heterocycles. The number of thiophene rings is 1. The van der Waals surface area contributed by atoms with Gasteiger partial charge in [-0.2, -0.15) is 0 Å². The predicted molar refractivity (Wildman–Crippen MR) is 108 cm³/mol. The Balaban J connectivity index is 1.70. The average Bonchev–Trinajstić information content (AvgIpc) is 3.28. The lowest BCUT2D eigenvalue weighted by molar-refractivity contribution is -0.114. The lowest BCUT2D eigenvalue weighted by Gasteiger charge is -2.53. The van der Waals surface area contributed by atoms with Gasteiger partial charge in [-0.05, 0) is 79.0 Å². The largest absolute Gasteiger partial charge is 0.377 e. The Morgan fingerprint density at radius 2 is 2.15 bits per heavy atom. The minimum absolute atomic E-state index is 0.239. The Morgan fingerprint density at radius 3 is 2.89 bits per heavy atom. The fourth-order valence-corrected chi connectivity index (χ4v) is 7.49. The van der Waals surface area contributed by atoms with Gasteiger partial charge in [0.2, 0.25) is 0 Å². The van der Waals surface area contributed by atoms with Crippen molar-refractivity contribution in [2.45, 2.75) is 63.4 Å². The number of ketones is 1. The molecule has 0 saturated heterocycles. The van der Waals surface area contributed by atoms with E-state index in [1.165, 1.54) is 16.0 Å². The van der Waals surface area contributed by atoms with Crippen LogP contribution in [0.4, 0.5) is 0 Å². The van der Waals surface area contributed by atoms with Crippen molar-refractivity contribution in [3.8, 4) is 12.3 Å². The molecule has 27 heavy (non-hydrogen) atoms. The van der Waals surface area contributed by atoms with E-state index in [1.54, 1.807) is 5.57 Å². The third-order valence-electron chi connectivity index (χ3n) is 8.01. The van der Waals surface area contributed by atoms with Crippen LogP contribution in [-0.2, 0) is 4.79 Å². The van der Waals surface area contributed by atoms with Gasteiger partial charge in [-0.1, -0.05) is 24.5 Å². The first-order valence-corrected chi connectivity index (χ1v) is 11.0. The second-order valence-corrected chi connectivity index (χ2v) is 10.0. The van der Waals surface area contributed by atoms with Crippen molar-refractivity contribution in [2.24, 2.45) is 17.3 Å². The van der Waals surface area contributed by atoms with Crippen molar-refractivity contribution < 1.29 is 9.90 Å². The Kier molecular flexibility index (Phi) is 3.84. The number of carbonyl (C=O) groups is 1. The van der Waals surface area contributed by atoms with Gasteiger partial charge in [0.05, 0.1) is 0 Å². The molecular formula is C24H26O2S. The molecule has 0 radical (unpaired) electrons. The quantitative estimate of drug-likeness (QED) is 0.697. The summed E-state index contributed by atoms with van der Waals surface area (Å²) in [6, 6.07) is 4.36. The molecule has 2 fully saturated rings. The molecule has 0 aliphatic heterocycles. The first kappa shape index (κ1) is 17.5. The molecule has 4 aliphatic carbocycles. The lowest BCUT2D eigenvalue weighted by atomic mass is 9.52. The number of hydrogen-bond donors (Lipinski definition) is 1. The third kappa shape index (κ3) is 2.33. The van der Waals surface area contributed by atoms with Crippen molar-refractivity contribution in [3.63, 3.8) is 0 Å². The van der Waals surface area contributed by atoms with Crippen LogP contribution in [-0.4, -0.2) is 16.5 Å². The molecule has 0 amide bonds. The number of hydrogen-bond acceptors (Lipinski definition) is 3. The molecule has 0 unspecified atom stereocenters. The van der Waals surface area contributed by atoms with Crippen molar-refractivity contribution in [2.75, 3.05) is 0 Å². The van der Waals surface area contributed by atoms with Crippen LogP contribution < -0.4 is 0 Å². The molecule has 0 spiro atoms. The monoisotopic (exact) mass is 378 g/mol. The van der Waals surface area contributed by atoms with E-state index in [2.05, 4.69) is 30.4 Å². The first-order chi connectivity index (χ1) is 13.0. The fraction of sp³-hybridized carbons (Fsp3) is 0.542. The lowest BCUT2D eigenvalue weighted by Crippen LogP contribution is -2.50. The molecule has 1 heterocycles. The summed E-state index contributed by atoms with van der Waals surface area (Å²) in [7, 11) is 0. The van der Waals surface area contributed by atoms with E-state index >= 15 is 0 Å². The van der Waals surface area contributed by atoms with E-state index in [-0.39, 0.29) is 11.2 Å². The van der Waals surface area contributed by atoms with Crippen molar-refractivity contribution >= 4 is 17.1 Å². The number of rotatable bonds is 1. The highest BCUT2D eigenvalue weighted by atomic mass is 32.1. The van der Waals surface area contributed by atoms with Gasteiger partial charge in [0.25, 0.3) is 0 Å². The molecule has 140 valence electrons. The summed E-state index contributed by atoms with van der Waals surface area (Å²) < 4.78 is 0. The zero-order valence-electron chi connectivity index (χ0n) is 15.8. The Morgan fingerprint density at radius 1 is 1.30 bits per heavy atom. The van der Waals surface area contributed by atoms with Gasteiger partial charge in [0, 0.05) is 22.6 Å². The van der Waals surface area contributed by atoms with E-state index in [4.69, 9.17) is 6.42 Å². The summed E-state index contributed by atoms with van der Waals surface area (Å²) in [6.45, 7) is 2.24. The predicted octanol–water partition coefficient (Wildman–Crippen LogP) is 5.01. The summed E-state index contributed by atoms with van der Waals surface area (Å²) in [5, 5.41) is 13.5. The zero-order valence-corrected chi connectivity index (χ0v) is 16.6. The fourth-order valence-electron chi connectivity index (χ4n) is 6.65. The molecule has 5 atom stereocenters. The summed E-state index contributed by atoms with van der Waals surface area (Å²) in [5.41, 5.74) is 3.08. The van der Waals surface area contributed by atoms with Crippen molar-refractivity contribution in [1.29, 1.82) is 0 Å². The highest BCUT2D eigenvalue weighted by Gasteiger charge is 2.62. The SMILES string of the molecule is C#C[C@@]1(O)CC[C@H]2[C@@H]3CCC4=CC(=O)CCC4=C3[C@@H](c3cccs3)C[C@@]21C. The van der Waals surface area contributed by atoms with Crippen LogP contribution in [0.15, 0.2) is 40.3 Å². The first-order valence-electron chi connectivity index (χ1n) is 10.2. The van der Waals surface area contributed by atoms with E-state index < -0.39 is 5.60 Å². The van der Waals surface area contributed by atoms with Gasteiger partial charge in [0.1, 0.15) is 5.60 Å². The van der Waals surface area contributed by atoms with Crippen LogP contribution in [0.1, 0.15) is 62.7 Å². The van der Waals surface area contributed by atoms with Gasteiger partial charge in [-0.15, -0.1) is 17.8 Å². The van der Waals surface area contributed by atoms with Crippen LogP contribution in [0.2, 0.25) is 0 Å². The maximum atomic E-state index is 12.0. The zero-order chi connectivity index (χ0) is 18.8. The van der Waals surface area contributed by atoms with E-state index in [9.17, 15) is 9.90 Å². The van der Waals surface area contributed by atoms with Gasteiger partial charge >= 0.3 is 0 Å². The highest BCUT2D eigenvalue weighted by molar-refractivity contribution is 7.10. The van der Waals surface area contributed by atoms with Gasteiger partial charge in [0.15, 0.2) is 5.78 Å². The summed E-state index contributed by atoms with van der Waals surface area (Å²) in [6.07, 6.45) is 14.0. The second-order valence-electron chi connectivity index (χ2n) is 9.05. The number of allylic oxidation sites excluding steroid dienone is 4. The van der Waals surface area contributed by atoms with Crippen LogP contribution in [0.25, 0.3) is 0 Å². The minimum Gasteiger partial charge on any atom is -0.377 e.